The summed E-state index contributed by atoms with van der Waals surface area (Å²) < 4.78 is 5.13. The zero-order valence-corrected chi connectivity index (χ0v) is 9.41. The van der Waals surface area contributed by atoms with Crippen molar-refractivity contribution in [2.75, 3.05) is 7.11 Å². The van der Waals surface area contributed by atoms with Gasteiger partial charge in [0, 0.05) is 12.0 Å². The molecule has 1 aliphatic rings. The van der Waals surface area contributed by atoms with Crippen LogP contribution in [0.3, 0.4) is 0 Å². The molecule has 0 heterocycles. The second-order valence-corrected chi connectivity index (χ2v) is 4.43. The number of hydrogen-bond acceptors (Lipinski definition) is 2. The Morgan fingerprint density at radius 2 is 2.13 bits per heavy atom. The van der Waals surface area contributed by atoms with Crippen LogP contribution in [0.1, 0.15) is 42.1 Å². The largest absolute Gasteiger partial charge is 0.497 e. The molecule has 0 spiro atoms. The van der Waals surface area contributed by atoms with Gasteiger partial charge in [-0.25, -0.2) is 0 Å². The van der Waals surface area contributed by atoms with E-state index in [1.165, 1.54) is 5.56 Å². The molecular weight excluding hydrogens is 188 g/mol. The third kappa shape index (κ3) is 1.65. The van der Waals surface area contributed by atoms with Gasteiger partial charge in [-0.1, -0.05) is 19.9 Å². The zero-order chi connectivity index (χ0) is 11.0. The molecule has 2 nitrogen and oxygen atoms in total. The number of rotatable bonds is 2. The van der Waals surface area contributed by atoms with Crippen LogP contribution in [0.5, 0.6) is 5.75 Å². The first-order valence-electron chi connectivity index (χ1n) is 5.34. The summed E-state index contributed by atoms with van der Waals surface area (Å²) >= 11 is 0. The minimum atomic E-state index is 0.252. The number of ketones is 1. The molecule has 1 unspecified atom stereocenters. The summed E-state index contributed by atoms with van der Waals surface area (Å²) in [6, 6.07) is 5.83. The highest BCUT2D eigenvalue weighted by Crippen LogP contribution is 2.39. The van der Waals surface area contributed by atoms with Crippen LogP contribution in [0.15, 0.2) is 18.2 Å². The van der Waals surface area contributed by atoms with E-state index in [1.807, 2.05) is 18.2 Å². The summed E-state index contributed by atoms with van der Waals surface area (Å²) in [6.07, 6.45) is 0.653. The van der Waals surface area contributed by atoms with Crippen molar-refractivity contribution in [2.45, 2.75) is 26.2 Å². The fourth-order valence-corrected chi connectivity index (χ4v) is 2.24. The molecule has 2 heteroatoms. The molecule has 2 rings (SSSR count). The zero-order valence-electron chi connectivity index (χ0n) is 9.41. The lowest BCUT2D eigenvalue weighted by molar-refractivity contribution is 0.0984. The Hall–Kier alpha value is -1.31. The van der Waals surface area contributed by atoms with Crippen LogP contribution in [-0.2, 0) is 0 Å². The smallest absolute Gasteiger partial charge is 0.163 e. The highest BCUT2D eigenvalue weighted by molar-refractivity contribution is 6.01. The predicted molar refractivity (Wildman–Crippen MR) is 59.5 cm³/mol. The lowest BCUT2D eigenvalue weighted by atomic mass is 9.90. The summed E-state index contributed by atoms with van der Waals surface area (Å²) in [6.45, 7) is 4.33. The van der Waals surface area contributed by atoms with E-state index in [1.54, 1.807) is 7.11 Å². The van der Waals surface area contributed by atoms with Crippen molar-refractivity contribution in [1.82, 2.24) is 0 Å². The number of hydrogen-bond donors (Lipinski definition) is 0. The summed E-state index contributed by atoms with van der Waals surface area (Å²) in [5.74, 6) is 1.93. The standard InChI is InChI=1S/C13H16O2/c1-8(2)11-7-13(14)12-6-9(15-3)4-5-10(11)12/h4-6,8,11H,7H2,1-3H3. The number of fused-ring (bicyclic) bond motifs is 1. The Labute approximate surface area is 90.3 Å². The first kappa shape index (κ1) is 10.2. The maximum absolute atomic E-state index is 11.8. The van der Waals surface area contributed by atoms with Gasteiger partial charge in [0.15, 0.2) is 5.78 Å². The molecule has 0 saturated carbocycles. The van der Waals surface area contributed by atoms with E-state index >= 15 is 0 Å². The SMILES string of the molecule is COc1ccc2c(c1)C(=O)CC2C(C)C. The van der Waals surface area contributed by atoms with Gasteiger partial charge in [0.2, 0.25) is 0 Å². The summed E-state index contributed by atoms with van der Waals surface area (Å²) in [5, 5.41) is 0. The Morgan fingerprint density at radius 3 is 2.73 bits per heavy atom. The topological polar surface area (TPSA) is 26.3 Å². The minimum Gasteiger partial charge on any atom is -0.497 e. The van der Waals surface area contributed by atoms with E-state index in [0.717, 1.165) is 11.3 Å². The van der Waals surface area contributed by atoms with Gasteiger partial charge in [0.05, 0.1) is 7.11 Å². The molecule has 0 aromatic heterocycles. The summed E-state index contributed by atoms with van der Waals surface area (Å²) in [5.41, 5.74) is 2.05. The lowest BCUT2D eigenvalue weighted by Crippen LogP contribution is -2.02. The number of ether oxygens (including phenoxy) is 1. The van der Waals surface area contributed by atoms with Crippen molar-refractivity contribution < 1.29 is 9.53 Å². The van der Waals surface area contributed by atoms with Crippen LogP contribution in [0.4, 0.5) is 0 Å². The average molecular weight is 204 g/mol. The van der Waals surface area contributed by atoms with E-state index in [2.05, 4.69) is 13.8 Å². The number of carbonyl (C=O) groups excluding carboxylic acids is 1. The highest BCUT2D eigenvalue weighted by Gasteiger charge is 2.31. The van der Waals surface area contributed by atoms with Gasteiger partial charge in [-0.05, 0) is 29.5 Å². The first-order valence-corrected chi connectivity index (χ1v) is 5.34. The van der Waals surface area contributed by atoms with Gasteiger partial charge in [-0.15, -0.1) is 0 Å². The molecule has 0 bridgehead atoms. The Balaban J connectivity index is 2.45. The second kappa shape index (κ2) is 3.69. The first-order chi connectivity index (χ1) is 7.13. The van der Waals surface area contributed by atoms with E-state index in [9.17, 15) is 4.79 Å². The van der Waals surface area contributed by atoms with Gasteiger partial charge in [0.1, 0.15) is 5.75 Å². The maximum Gasteiger partial charge on any atom is 0.163 e. The van der Waals surface area contributed by atoms with E-state index < -0.39 is 0 Å². The predicted octanol–water partition coefficient (Wildman–Crippen LogP) is 3.02. The van der Waals surface area contributed by atoms with Crippen LogP contribution in [0.25, 0.3) is 0 Å². The van der Waals surface area contributed by atoms with Gasteiger partial charge >= 0.3 is 0 Å². The second-order valence-electron chi connectivity index (χ2n) is 4.43. The summed E-state index contributed by atoms with van der Waals surface area (Å²) in [4.78, 5) is 11.8. The molecule has 1 atom stereocenters. The van der Waals surface area contributed by atoms with Crippen LogP contribution in [0.2, 0.25) is 0 Å². The molecule has 1 aliphatic carbocycles. The molecule has 1 aromatic carbocycles. The minimum absolute atomic E-state index is 0.252. The molecular formula is C13H16O2. The van der Waals surface area contributed by atoms with Crippen molar-refractivity contribution >= 4 is 5.78 Å². The maximum atomic E-state index is 11.8. The molecule has 80 valence electrons. The number of methoxy groups -OCH3 is 1. The van der Waals surface area contributed by atoms with E-state index in [4.69, 9.17) is 4.74 Å². The van der Waals surface area contributed by atoms with Gasteiger partial charge < -0.3 is 4.74 Å². The van der Waals surface area contributed by atoms with Crippen molar-refractivity contribution in [3.63, 3.8) is 0 Å². The van der Waals surface area contributed by atoms with Crippen LogP contribution in [0, 0.1) is 5.92 Å². The van der Waals surface area contributed by atoms with Gasteiger partial charge in [0.25, 0.3) is 0 Å². The third-order valence-electron chi connectivity index (χ3n) is 3.17. The Bertz CT molecular complexity index is 394. The average Bonchev–Trinajstić information content (AvgIpc) is 2.56. The third-order valence-corrected chi connectivity index (χ3v) is 3.17. The fourth-order valence-electron chi connectivity index (χ4n) is 2.24. The monoisotopic (exact) mass is 204 g/mol. The van der Waals surface area contributed by atoms with Crippen LogP contribution in [-0.4, -0.2) is 12.9 Å². The quantitative estimate of drug-likeness (QED) is 0.740. The Kier molecular flexibility index (Phi) is 2.51. The fraction of sp³-hybridized carbons (Fsp3) is 0.462. The Morgan fingerprint density at radius 1 is 1.40 bits per heavy atom. The van der Waals surface area contributed by atoms with Crippen molar-refractivity contribution in [2.24, 2.45) is 5.92 Å². The van der Waals surface area contributed by atoms with Crippen LogP contribution >= 0.6 is 0 Å². The molecule has 1 aromatic rings. The summed E-state index contributed by atoms with van der Waals surface area (Å²) in [7, 11) is 1.63. The molecule has 15 heavy (non-hydrogen) atoms. The highest BCUT2D eigenvalue weighted by atomic mass is 16.5. The van der Waals surface area contributed by atoms with Crippen molar-refractivity contribution in [3.05, 3.63) is 29.3 Å². The molecule has 0 amide bonds. The normalized spacial score (nSPS) is 19.5. The molecule has 0 fully saturated rings. The lowest BCUT2D eigenvalue weighted by Gasteiger charge is -2.14. The number of Topliss-reactive ketones (excluding diaryl/α,β-unsaturated/α-hetero) is 1. The van der Waals surface area contributed by atoms with E-state index in [-0.39, 0.29) is 5.78 Å². The van der Waals surface area contributed by atoms with Crippen molar-refractivity contribution in [3.8, 4) is 5.75 Å². The van der Waals surface area contributed by atoms with Gasteiger partial charge in [-0.3, -0.25) is 4.79 Å². The van der Waals surface area contributed by atoms with Gasteiger partial charge in [-0.2, -0.15) is 0 Å². The molecule has 0 N–H and O–H groups in total. The van der Waals surface area contributed by atoms with Crippen LogP contribution < -0.4 is 4.74 Å². The number of benzene rings is 1. The molecule has 0 radical (unpaired) electrons. The van der Waals surface area contributed by atoms with E-state index in [0.29, 0.717) is 18.3 Å². The van der Waals surface area contributed by atoms with Crippen molar-refractivity contribution in [1.29, 1.82) is 0 Å². The molecule has 0 aliphatic heterocycles. The molecule has 0 saturated heterocycles. The number of carbonyl (C=O) groups is 1.